The number of benzene rings is 1. The molecular formula is C19H30N4O5S2. The molecule has 0 N–H and O–H groups in total. The first-order chi connectivity index (χ1) is 14.0. The van der Waals surface area contributed by atoms with E-state index in [-0.39, 0.29) is 30.4 Å². The fraction of sp³-hybridized carbons (Fsp3) is 0.632. The van der Waals surface area contributed by atoms with Crippen molar-refractivity contribution in [2.75, 3.05) is 53.4 Å². The van der Waals surface area contributed by atoms with Crippen LogP contribution in [-0.2, 0) is 25.0 Å². The Bertz CT molecular complexity index is 969. The second kappa shape index (κ2) is 8.91. The quantitative estimate of drug-likeness (QED) is 0.634. The first-order valence-electron chi connectivity index (χ1n) is 10.1. The summed E-state index contributed by atoms with van der Waals surface area (Å²) < 4.78 is 54.4. The Kier molecular flexibility index (Phi) is 6.87. The number of rotatable bonds is 5. The lowest BCUT2D eigenvalue weighted by atomic mass is 9.98. The van der Waals surface area contributed by atoms with Gasteiger partial charge in [-0.1, -0.05) is 17.7 Å². The molecule has 2 saturated heterocycles. The van der Waals surface area contributed by atoms with Crippen molar-refractivity contribution in [2.24, 2.45) is 5.92 Å². The summed E-state index contributed by atoms with van der Waals surface area (Å²) in [4.78, 5) is 14.9. The minimum Gasteiger partial charge on any atom is -0.340 e. The van der Waals surface area contributed by atoms with E-state index in [0.717, 1.165) is 9.87 Å². The topological polar surface area (TPSA) is 98.3 Å². The molecule has 168 valence electrons. The van der Waals surface area contributed by atoms with Gasteiger partial charge in [-0.3, -0.25) is 4.79 Å². The zero-order chi connectivity index (χ0) is 22.1. The number of amides is 1. The van der Waals surface area contributed by atoms with Crippen molar-refractivity contribution in [2.45, 2.75) is 24.7 Å². The average molecular weight is 459 g/mol. The van der Waals surface area contributed by atoms with Crippen LogP contribution >= 0.6 is 0 Å². The van der Waals surface area contributed by atoms with Crippen molar-refractivity contribution < 1.29 is 21.6 Å². The van der Waals surface area contributed by atoms with E-state index in [1.807, 2.05) is 6.92 Å². The predicted molar refractivity (Wildman–Crippen MR) is 113 cm³/mol. The number of piperidine rings is 1. The van der Waals surface area contributed by atoms with Crippen molar-refractivity contribution in [1.82, 2.24) is 17.8 Å². The maximum absolute atomic E-state index is 13.0. The van der Waals surface area contributed by atoms with E-state index in [1.54, 1.807) is 29.2 Å². The number of carbonyl (C=O) groups is 1. The zero-order valence-electron chi connectivity index (χ0n) is 17.7. The van der Waals surface area contributed by atoms with Gasteiger partial charge in [0.05, 0.1) is 10.8 Å². The molecule has 1 aromatic rings. The molecule has 1 aromatic carbocycles. The number of carbonyl (C=O) groups excluding carboxylic acids is 1. The Morgan fingerprint density at radius 2 is 1.53 bits per heavy atom. The molecule has 2 aliphatic rings. The van der Waals surface area contributed by atoms with E-state index >= 15 is 0 Å². The van der Waals surface area contributed by atoms with Crippen LogP contribution in [0.2, 0.25) is 0 Å². The summed E-state index contributed by atoms with van der Waals surface area (Å²) in [7, 11) is -4.18. The first kappa shape index (κ1) is 23.1. The van der Waals surface area contributed by atoms with Gasteiger partial charge in [-0.25, -0.2) is 8.42 Å². The molecule has 1 atom stereocenters. The highest BCUT2D eigenvalue weighted by atomic mass is 32.2. The van der Waals surface area contributed by atoms with E-state index in [9.17, 15) is 21.6 Å². The van der Waals surface area contributed by atoms with Gasteiger partial charge in [0, 0.05) is 53.4 Å². The molecule has 2 aliphatic heterocycles. The number of sulfonamides is 1. The maximum atomic E-state index is 13.0. The van der Waals surface area contributed by atoms with Gasteiger partial charge in [-0.2, -0.15) is 21.3 Å². The van der Waals surface area contributed by atoms with Crippen molar-refractivity contribution in [1.29, 1.82) is 0 Å². The van der Waals surface area contributed by atoms with Crippen molar-refractivity contribution in [3.8, 4) is 0 Å². The molecule has 0 aliphatic carbocycles. The molecular weight excluding hydrogens is 428 g/mol. The summed E-state index contributed by atoms with van der Waals surface area (Å²) in [5.74, 6) is -0.491. The third-order valence-electron chi connectivity index (χ3n) is 5.73. The molecule has 0 radical (unpaired) electrons. The third-order valence-corrected chi connectivity index (χ3v) is 9.55. The van der Waals surface area contributed by atoms with Gasteiger partial charge in [-0.05, 0) is 31.9 Å². The molecule has 2 fully saturated rings. The minimum absolute atomic E-state index is 0.0963. The van der Waals surface area contributed by atoms with Crippen molar-refractivity contribution >= 4 is 26.1 Å². The van der Waals surface area contributed by atoms with Crippen LogP contribution in [-0.4, -0.2) is 93.9 Å². The van der Waals surface area contributed by atoms with Gasteiger partial charge in [-0.15, -0.1) is 0 Å². The zero-order valence-corrected chi connectivity index (χ0v) is 19.3. The Hall–Kier alpha value is -1.53. The number of hydrogen-bond donors (Lipinski definition) is 0. The number of nitrogens with zero attached hydrogens (tertiary/aromatic N) is 4. The smallest absolute Gasteiger partial charge is 0.281 e. The van der Waals surface area contributed by atoms with E-state index in [2.05, 4.69) is 0 Å². The normalized spacial score (nSPS) is 22.4. The summed E-state index contributed by atoms with van der Waals surface area (Å²) in [6, 6.07) is 6.74. The van der Waals surface area contributed by atoms with Crippen molar-refractivity contribution in [3.63, 3.8) is 0 Å². The molecule has 2 heterocycles. The second-order valence-electron chi connectivity index (χ2n) is 8.03. The van der Waals surface area contributed by atoms with Crippen molar-refractivity contribution in [3.05, 3.63) is 29.8 Å². The SMILES string of the molecule is Cc1ccc(S(=O)(=O)N2CCN(C(=O)[C@H]3CCCN(S(=O)(=O)N(C)C)C3)CC2)cc1. The maximum Gasteiger partial charge on any atom is 0.281 e. The van der Waals surface area contributed by atoms with Gasteiger partial charge >= 0.3 is 0 Å². The highest BCUT2D eigenvalue weighted by Crippen LogP contribution is 2.24. The van der Waals surface area contributed by atoms with Crippen LogP contribution in [0.15, 0.2) is 29.2 Å². The van der Waals surface area contributed by atoms with Gasteiger partial charge in [0.1, 0.15) is 0 Å². The van der Waals surface area contributed by atoms with Crippen LogP contribution in [0.25, 0.3) is 0 Å². The number of piperazine rings is 1. The second-order valence-corrected chi connectivity index (χ2v) is 12.1. The van der Waals surface area contributed by atoms with Crippen LogP contribution in [0.1, 0.15) is 18.4 Å². The van der Waals surface area contributed by atoms with E-state index in [0.29, 0.717) is 32.5 Å². The summed E-state index contributed by atoms with van der Waals surface area (Å²) in [6.07, 6.45) is 1.27. The largest absolute Gasteiger partial charge is 0.340 e. The summed E-state index contributed by atoms with van der Waals surface area (Å²) >= 11 is 0. The van der Waals surface area contributed by atoms with Crippen LogP contribution in [0.5, 0.6) is 0 Å². The standard InChI is InChI=1S/C19H30N4O5S2/c1-16-6-8-18(9-7-16)29(25,26)22-13-11-21(12-14-22)19(24)17-5-4-10-23(15-17)30(27,28)20(2)3/h6-9,17H,4-5,10-15H2,1-3H3/t17-/m0/s1. The Morgan fingerprint density at radius 3 is 2.10 bits per heavy atom. The molecule has 3 rings (SSSR count). The van der Waals surface area contributed by atoms with Gasteiger partial charge in [0.2, 0.25) is 15.9 Å². The van der Waals surface area contributed by atoms with Crippen LogP contribution < -0.4 is 0 Å². The van der Waals surface area contributed by atoms with E-state index < -0.39 is 26.2 Å². The van der Waals surface area contributed by atoms with E-state index in [1.165, 1.54) is 22.7 Å². The Balaban J connectivity index is 1.62. The van der Waals surface area contributed by atoms with Gasteiger partial charge < -0.3 is 4.90 Å². The predicted octanol–water partition coefficient (Wildman–Crippen LogP) is 0.346. The molecule has 0 spiro atoms. The summed E-state index contributed by atoms with van der Waals surface area (Å²) in [5.41, 5.74) is 0.988. The molecule has 0 aromatic heterocycles. The van der Waals surface area contributed by atoms with Gasteiger partial charge in [0.25, 0.3) is 10.2 Å². The highest BCUT2D eigenvalue weighted by molar-refractivity contribution is 7.89. The highest BCUT2D eigenvalue weighted by Gasteiger charge is 2.37. The lowest BCUT2D eigenvalue weighted by molar-refractivity contribution is -0.137. The first-order valence-corrected chi connectivity index (χ1v) is 12.9. The molecule has 9 nitrogen and oxygen atoms in total. The molecule has 0 saturated carbocycles. The van der Waals surface area contributed by atoms with Gasteiger partial charge in [0.15, 0.2) is 0 Å². The average Bonchev–Trinajstić information content (AvgIpc) is 2.73. The lowest BCUT2D eigenvalue weighted by Crippen LogP contribution is -2.54. The fourth-order valence-corrected chi connectivity index (χ4v) is 6.46. The minimum atomic E-state index is -3.59. The van der Waals surface area contributed by atoms with Crippen LogP contribution in [0, 0.1) is 12.8 Å². The molecule has 1 amide bonds. The lowest BCUT2D eigenvalue weighted by Gasteiger charge is -2.38. The molecule has 0 bridgehead atoms. The summed E-state index contributed by atoms with van der Waals surface area (Å²) in [5, 5.41) is 0. The van der Waals surface area contributed by atoms with Crippen LogP contribution in [0.3, 0.4) is 0 Å². The Morgan fingerprint density at radius 1 is 0.933 bits per heavy atom. The molecule has 11 heteroatoms. The van der Waals surface area contributed by atoms with Crippen LogP contribution in [0.4, 0.5) is 0 Å². The molecule has 0 unspecified atom stereocenters. The third kappa shape index (κ3) is 4.70. The fourth-order valence-electron chi connectivity index (χ4n) is 3.85. The number of hydrogen-bond acceptors (Lipinski definition) is 5. The van der Waals surface area contributed by atoms with E-state index in [4.69, 9.17) is 0 Å². The summed E-state index contributed by atoms with van der Waals surface area (Å²) in [6.45, 7) is 3.55. The Labute approximate surface area is 179 Å². The number of aryl methyl sites for hydroxylation is 1. The monoisotopic (exact) mass is 458 g/mol. The molecule has 30 heavy (non-hydrogen) atoms.